The summed E-state index contributed by atoms with van der Waals surface area (Å²) >= 11 is 0. The lowest BCUT2D eigenvalue weighted by molar-refractivity contribution is 0.101. The van der Waals surface area contributed by atoms with E-state index in [9.17, 15) is 13.2 Å². The van der Waals surface area contributed by atoms with Gasteiger partial charge in [-0.3, -0.25) is 9.52 Å². The van der Waals surface area contributed by atoms with E-state index in [4.69, 9.17) is 11.5 Å². The molecule has 0 radical (unpaired) electrons. The SMILES string of the molecule is Cc1ccc2nc(C(=O)Nc3ccc(NS(C)(=O)=O)cc3)nc(N[C@H]3CCCC[C@H]3N=C(N)N)c2c1.Cl.Cl. The van der Waals surface area contributed by atoms with Gasteiger partial charge in [-0.15, -0.1) is 24.8 Å². The summed E-state index contributed by atoms with van der Waals surface area (Å²) in [5.41, 5.74) is 13.8. The van der Waals surface area contributed by atoms with Gasteiger partial charge in [-0.05, 0) is 56.2 Å². The molecule has 3 aromatic rings. The van der Waals surface area contributed by atoms with Crippen LogP contribution in [0.2, 0.25) is 0 Å². The van der Waals surface area contributed by atoms with Crippen LogP contribution in [0.5, 0.6) is 0 Å². The van der Waals surface area contributed by atoms with Crippen molar-refractivity contribution in [2.75, 3.05) is 21.6 Å². The van der Waals surface area contributed by atoms with Gasteiger partial charge in [0.25, 0.3) is 5.91 Å². The van der Waals surface area contributed by atoms with Crippen molar-refractivity contribution in [3.63, 3.8) is 0 Å². The molecule has 0 spiro atoms. The first-order chi connectivity index (χ1) is 17.1. The van der Waals surface area contributed by atoms with Gasteiger partial charge in [0.1, 0.15) is 5.82 Å². The summed E-state index contributed by atoms with van der Waals surface area (Å²) in [6, 6.07) is 11.9. The number of aromatic nitrogens is 2. The van der Waals surface area contributed by atoms with E-state index in [0.29, 0.717) is 22.7 Å². The number of guanidine groups is 1. The van der Waals surface area contributed by atoms with E-state index in [2.05, 4.69) is 30.3 Å². The van der Waals surface area contributed by atoms with E-state index >= 15 is 0 Å². The molecule has 4 rings (SSSR count). The fourth-order valence-corrected chi connectivity index (χ4v) is 4.84. The van der Waals surface area contributed by atoms with E-state index in [1.807, 2.05) is 25.1 Å². The van der Waals surface area contributed by atoms with Crippen LogP contribution in [0.15, 0.2) is 47.5 Å². The van der Waals surface area contributed by atoms with Crippen LogP contribution >= 0.6 is 24.8 Å². The highest BCUT2D eigenvalue weighted by Gasteiger charge is 2.26. The summed E-state index contributed by atoms with van der Waals surface area (Å²) in [6.07, 6.45) is 4.87. The number of carbonyl (C=O) groups excluding carboxylic acids is 1. The number of amides is 1. The Morgan fingerprint density at radius 3 is 2.32 bits per heavy atom. The zero-order valence-electron chi connectivity index (χ0n) is 21.0. The van der Waals surface area contributed by atoms with Crippen molar-refractivity contribution >= 4 is 74.8 Å². The van der Waals surface area contributed by atoms with Gasteiger partial charge in [-0.25, -0.2) is 23.4 Å². The minimum absolute atomic E-state index is 0. The normalized spacial score (nSPS) is 16.9. The number of nitrogens with two attached hydrogens (primary N) is 2. The first-order valence-corrected chi connectivity index (χ1v) is 13.5. The van der Waals surface area contributed by atoms with E-state index in [0.717, 1.165) is 42.9 Å². The molecular formula is C24H32Cl2N8O3S. The van der Waals surface area contributed by atoms with Crippen LogP contribution in [0.1, 0.15) is 41.9 Å². The molecule has 1 aromatic heterocycles. The van der Waals surface area contributed by atoms with Gasteiger partial charge < -0.3 is 22.1 Å². The molecule has 1 fully saturated rings. The Labute approximate surface area is 234 Å². The van der Waals surface area contributed by atoms with Crippen molar-refractivity contribution in [3.05, 3.63) is 53.9 Å². The van der Waals surface area contributed by atoms with Crippen LogP contribution in [-0.4, -0.2) is 48.6 Å². The molecule has 2 atom stereocenters. The molecule has 11 nitrogen and oxygen atoms in total. The van der Waals surface area contributed by atoms with E-state index in [-0.39, 0.29) is 48.7 Å². The lowest BCUT2D eigenvalue weighted by atomic mass is 9.90. The predicted molar refractivity (Wildman–Crippen MR) is 157 cm³/mol. The number of fused-ring (bicyclic) bond motifs is 1. The third-order valence-corrected chi connectivity index (χ3v) is 6.47. The average Bonchev–Trinajstić information content (AvgIpc) is 2.80. The second-order valence-electron chi connectivity index (χ2n) is 8.98. The number of nitrogens with zero attached hydrogens (tertiary/aromatic N) is 3. The van der Waals surface area contributed by atoms with Gasteiger partial charge >= 0.3 is 0 Å². The minimum atomic E-state index is -3.39. The fourth-order valence-electron chi connectivity index (χ4n) is 4.28. The number of benzene rings is 2. The van der Waals surface area contributed by atoms with Gasteiger partial charge in [0.15, 0.2) is 5.96 Å². The second kappa shape index (κ2) is 12.9. The number of aryl methyl sites for hydroxylation is 1. The maximum Gasteiger partial charge on any atom is 0.293 e. The van der Waals surface area contributed by atoms with Gasteiger partial charge in [-0.1, -0.05) is 24.5 Å². The summed E-state index contributed by atoms with van der Waals surface area (Å²) in [4.78, 5) is 26.5. The molecule has 206 valence electrons. The molecule has 1 aliphatic rings. The smallest absolute Gasteiger partial charge is 0.293 e. The Balaban J connectivity index is 0.00000253. The molecule has 7 N–H and O–H groups in total. The van der Waals surface area contributed by atoms with Crippen LogP contribution in [0, 0.1) is 6.92 Å². The van der Waals surface area contributed by atoms with E-state index in [1.165, 1.54) is 0 Å². The van der Waals surface area contributed by atoms with E-state index in [1.54, 1.807) is 24.3 Å². The summed E-state index contributed by atoms with van der Waals surface area (Å²) in [5.74, 6) is 0.106. The quantitative estimate of drug-likeness (QED) is 0.208. The second-order valence-corrected chi connectivity index (χ2v) is 10.7. The fraction of sp³-hybridized carbons (Fsp3) is 0.333. The monoisotopic (exact) mass is 582 g/mol. The summed E-state index contributed by atoms with van der Waals surface area (Å²) in [5, 5.41) is 7.05. The van der Waals surface area contributed by atoms with E-state index < -0.39 is 15.9 Å². The highest BCUT2D eigenvalue weighted by atomic mass is 35.5. The number of rotatable bonds is 7. The molecule has 38 heavy (non-hydrogen) atoms. The molecule has 0 aliphatic heterocycles. The molecule has 14 heteroatoms. The zero-order chi connectivity index (χ0) is 25.9. The number of carbonyl (C=O) groups is 1. The van der Waals surface area contributed by atoms with Gasteiger partial charge in [0, 0.05) is 16.8 Å². The Kier molecular flexibility index (Phi) is 10.5. The van der Waals surface area contributed by atoms with Crippen molar-refractivity contribution < 1.29 is 13.2 Å². The molecule has 1 saturated carbocycles. The number of hydrogen-bond donors (Lipinski definition) is 5. The van der Waals surface area contributed by atoms with Gasteiger partial charge in [0.05, 0.1) is 23.9 Å². The van der Waals surface area contributed by atoms with Crippen molar-refractivity contribution in [2.45, 2.75) is 44.7 Å². The molecule has 0 unspecified atom stereocenters. The lowest BCUT2D eigenvalue weighted by Crippen LogP contribution is -2.38. The maximum atomic E-state index is 13.1. The van der Waals surface area contributed by atoms with Crippen molar-refractivity contribution in [3.8, 4) is 0 Å². The number of nitrogens with one attached hydrogen (secondary N) is 3. The Morgan fingerprint density at radius 1 is 1.00 bits per heavy atom. The van der Waals surface area contributed by atoms with Crippen molar-refractivity contribution in [1.29, 1.82) is 0 Å². The number of halogens is 2. The summed E-state index contributed by atoms with van der Waals surface area (Å²) in [7, 11) is -3.39. The third kappa shape index (κ3) is 8.07. The number of sulfonamides is 1. The Hall–Kier alpha value is -3.35. The van der Waals surface area contributed by atoms with Crippen LogP contribution in [0.4, 0.5) is 17.2 Å². The number of aliphatic imine (C=N–C) groups is 1. The third-order valence-electron chi connectivity index (χ3n) is 5.87. The largest absolute Gasteiger partial charge is 0.370 e. The molecule has 1 heterocycles. The molecule has 1 aliphatic carbocycles. The van der Waals surface area contributed by atoms with Gasteiger partial charge in [0.2, 0.25) is 15.8 Å². The summed E-state index contributed by atoms with van der Waals surface area (Å²) in [6.45, 7) is 1.98. The standard InChI is InChI=1S/C24H30N8O3S.2ClH/c1-14-7-12-18-17(13-14)21(29-19-5-3-4-6-20(19)30-24(25)26)31-22(28-18)23(33)27-15-8-10-16(11-9-15)32-36(2,34)35;;/h7-13,19-20,32H,3-6H2,1-2H3,(H,27,33)(H4,25,26,30)(H,28,29,31);2*1H/t19-,20+;;/m0../s1. The zero-order valence-corrected chi connectivity index (χ0v) is 23.4. The molecular weight excluding hydrogens is 551 g/mol. The Morgan fingerprint density at radius 2 is 1.66 bits per heavy atom. The highest BCUT2D eigenvalue weighted by Crippen LogP contribution is 2.28. The van der Waals surface area contributed by atoms with Gasteiger partial charge in [-0.2, -0.15) is 0 Å². The number of hydrogen-bond acceptors (Lipinski definition) is 7. The highest BCUT2D eigenvalue weighted by molar-refractivity contribution is 7.92. The lowest BCUT2D eigenvalue weighted by Gasteiger charge is -2.30. The summed E-state index contributed by atoms with van der Waals surface area (Å²) < 4.78 is 25.2. The topological polar surface area (TPSA) is 177 Å². The average molecular weight is 584 g/mol. The van der Waals surface area contributed by atoms with Crippen molar-refractivity contribution in [2.24, 2.45) is 16.5 Å². The van der Waals surface area contributed by atoms with Crippen LogP contribution in [0.25, 0.3) is 10.9 Å². The maximum absolute atomic E-state index is 13.1. The molecule has 0 saturated heterocycles. The molecule has 0 bridgehead atoms. The predicted octanol–water partition coefficient (Wildman–Crippen LogP) is 3.40. The van der Waals surface area contributed by atoms with Crippen LogP contribution < -0.4 is 26.8 Å². The first kappa shape index (κ1) is 30.9. The minimum Gasteiger partial charge on any atom is -0.370 e. The van der Waals surface area contributed by atoms with Crippen LogP contribution in [-0.2, 0) is 10.0 Å². The van der Waals surface area contributed by atoms with Crippen molar-refractivity contribution in [1.82, 2.24) is 9.97 Å². The first-order valence-electron chi connectivity index (χ1n) is 11.6. The van der Waals surface area contributed by atoms with Crippen LogP contribution in [0.3, 0.4) is 0 Å². The Bertz CT molecular complexity index is 1410. The number of anilines is 3. The molecule has 1 amide bonds. The molecule has 2 aromatic carbocycles.